The van der Waals surface area contributed by atoms with Crippen LogP contribution in [0, 0.1) is 6.92 Å². The van der Waals surface area contributed by atoms with Crippen molar-refractivity contribution in [2.24, 2.45) is 0 Å². The van der Waals surface area contributed by atoms with Gasteiger partial charge in [0.1, 0.15) is 4.90 Å². The van der Waals surface area contributed by atoms with Crippen LogP contribution >= 0.6 is 0 Å². The molecule has 3 nitrogen and oxygen atoms in total. The molecule has 2 aliphatic carbocycles. The van der Waals surface area contributed by atoms with Crippen molar-refractivity contribution in [2.45, 2.75) is 76.0 Å². The van der Waals surface area contributed by atoms with E-state index in [0.717, 1.165) is 75.3 Å². The van der Waals surface area contributed by atoms with Gasteiger partial charge in [0.25, 0.3) is 10.1 Å². The molecule has 0 atom stereocenters. The second-order valence-corrected chi connectivity index (χ2v) is 7.82. The molecule has 0 radical (unpaired) electrons. The Morgan fingerprint density at radius 3 is 1.48 bits per heavy atom. The van der Waals surface area contributed by atoms with Crippen LogP contribution in [-0.4, -0.2) is 13.0 Å². The van der Waals surface area contributed by atoms with Gasteiger partial charge in [0, 0.05) is 0 Å². The van der Waals surface area contributed by atoms with Gasteiger partial charge in [-0.3, -0.25) is 4.55 Å². The second kappa shape index (κ2) is 5.73. The highest BCUT2D eigenvalue weighted by Gasteiger charge is 2.29. The van der Waals surface area contributed by atoms with Crippen LogP contribution in [-0.2, 0) is 35.8 Å². The predicted octanol–water partition coefficient (Wildman–Crippen LogP) is 3.78. The molecule has 1 aromatic carbocycles. The molecule has 0 amide bonds. The molecule has 0 heterocycles. The van der Waals surface area contributed by atoms with Crippen molar-refractivity contribution in [3.8, 4) is 0 Å². The van der Waals surface area contributed by atoms with Crippen LogP contribution in [0.2, 0.25) is 0 Å². The molecule has 0 aromatic heterocycles. The summed E-state index contributed by atoms with van der Waals surface area (Å²) in [6, 6.07) is 0. The molecule has 0 bridgehead atoms. The molecular formula is C17H24O3S. The van der Waals surface area contributed by atoms with Gasteiger partial charge >= 0.3 is 0 Å². The molecule has 1 N–H and O–H groups in total. The first-order valence-electron chi connectivity index (χ1n) is 8.13. The zero-order valence-electron chi connectivity index (χ0n) is 12.7. The molecular weight excluding hydrogens is 284 g/mol. The van der Waals surface area contributed by atoms with E-state index >= 15 is 0 Å². The Bertz CT molecular complexity index is 620. The van der Waals surface area contributed by atoms with Crippen molar-refractivity contribution < 1.29 is 13.0 Å². The van der Waals surface area contributed by atoms with Crippen LogP contribution < -0.4 is 0 Å². The molecule has 0 unspecified atom stereocenters. The fourth-order valence-electron chi connectivity index (χ4n) is 4.17. The summed E-state index contributed by atoms with van der Waals surface area (Å²) in [5.41, 5.74) is 5.57. The molecule has 0 saturated heterocycles. The van der Waals surface area contributed by atoms with Crippen LogP contribution in [0.5, 0.6) is 0 Å². The minimum Gasteiger partial charge on any atom is -0.282 e. The SMILES string of the molecule is Cc1c2c(c(S(=O)(=O)O)c3c1CCCCC3)CCCCC2. The van der Waals surface area contributed by atoms with Gasteiger partial charge in [-0.15, -0.1) is 0 Å². The summed E-state index contributed by atoms with van der Waals surface area (Å²) in [6.45, 7) is 2.15. The van der Waals surface area contributed by atoms with Gasteiger partial charge < -0.3 is 0 Å². The fourth-order valence-corrected chi connectivity index (χ4v) is 5.24. The summed E-state index contributed by atoms with van der Waals surface area (Å²) in [5, 5.41) is 0. The number of rotatable bonds is 1. The van der Waals surface area contributed by atoms with Gasteiger partial charge in [0.2, 0.25) is 0 Å². The topological polar surface area (TPSA) is 54.4 Å². The molecule has 3 rings (SSSR count). The maximum atomic E-state index is 12.1. The molecule has 0 fully saturated rings. The summed E-state index contributed by atoms with van der Waals surface area (Å²) in [7, 11) is -4.13. The Labute approximate surface area is 127 Å². The lowest BCUT2D eigenvalue weighted by atomic mass is 9.87. The van der Waals surface area contributed by atoms with E-state index in [1.165, 1.54) is 16.7 Å². The summed E-state index contributed by atoms with van der Waals surface area (Å²) >= 11 is 0. The first kappa shape index (κ1) is 15.0. The second-order valence-electron chi connectivity index (χ2n) is 6.46. The van der Waals surface area contributed by atoms with Crippen molar-refractivity contribution in [3.63, 3.8) is 0 Å². The minimum atomic E-state index is -4.13. The smallest absolute Gasteiger partial charge is 0.282 e. The molecule has 21 heavy (non-hydrogen) atoms. The third-order valence-electron chi connectivity index (χ3n) is 5.15. The largest absolute Gasteiger partial charge is 0.295 e. The van der Waals surface area contributed by atoms with E-state index in [-0.39, 0.29) is 4.90 Å². The highest BCUT2D eigenvalue weighted by molar-refractivity contribution is 7.86. The highest BCUT2D eigenvalue weighted by Crippen LogP contribution is 2.38. The summed E-state index contributed by atoms with van der Waals surface area (Å²) in [6.07, 6.45) is 10.1. The van der Waals surface area contributed by atoms with Gasteiger partial charge in [-0.25, -0.2) is 0 Å². The van der Waals surface area contributed by atoms with E-state index in [1.54, 1.807) is 0 Å². The summed E-state index contributed by atoms with van der Waals surface area (Å²) < 4.78 is 34.0. The zero-order valence-corrected chi connectivity index (χ0v) is 13.6. The third kappa shape index (κ3) is 2.76. The lowest BCUT2D eigenvalue weighted by Gasteiger charge is -2.22. The van der Waals surface area contributed by atoms with E-state index in [1.807, 2.05) is 0 Å². The number of hydrogen-bond donors (Lipinski definition) is 1. The molecule has 116 valence electrons. The lowest BCUT2D eigenvalue weighted by Crippen LogP contribution is -2.14. The van der Waals surface area contributed by atoms with Crippen molar-refractivity contribution in [3.05, 3.63) is 27.8 Å². The van der Waals surface area contributed by atoms with Crippen molar-refractivity contribution in [1.82, 2.24) is 0 Å². The molecule has 1 aromatic rings. The van der Waals surface area contributed by atoms with E-state index in [9.17, 15) is 13.0 Å². The van der Waals surface area contributed by atoms with Crippen LogP contribution in [0.15, 0.2) is 4.90 Å². The highest BCUT2D eigenvalue weighted by atomic mass is 32.2. The van der Waals surface area contributed by atoms with E-state index in [2.05, 4.69) is 6.92 Å². The third-order valence-corrected chi connectivity index (χ3v) is 6.16. The molecule has 0 spiro atoms. The van der Waals surface area contributed by atoms with Crippen LogP contribution in [0.4, 0.5) is 0 Å². The van der Waals surface area contributed by atoms with Crippen molar-refractivity contribution in [2.75, 3.05) is 0 Å². The zero-order chi connectivity index (χ0) is 15.0. The number of hydrogen-bond acceptors (Lipinski definition) is 2. The van der Waals surface area contributed by atoms with Crippen LogP contribution in [0.1, 0.15) is 66.3 Å². The maximum absolute atomic E-state index is 12.1. The van der Waals surface area contributed by atoms with Crippen molar-refractivity contribution >= 4 is 10.1 Å². The molecule has 4 heteroatoms. The molecule has 0 saturated carbocycles. The average Bonchev–Trinajstić information content (AvgIpc) is 2.77. The van der Waals surface area contributed by atoms with Gasteiger partial charge in [0.15, 0.2) is 0 Å². The van der Waals surface area contributed by atoms with Gasteiger partial charge in [-0.2, -0.15) is 8.42 Å². The maximum Gasteiger partial charge on any atom is 0.295 e. The van der Waals surface area contributed by atoms with Crippen LogP contribution in [0.3, 0.4) is 0 Å². The van der Waals surface area contributed by atoms with Crippen molar-refractivity contribution in [1.29, 1.82) is 0 Å². The molecule has 0 aliphatic heterocycles. The Morgan fingerprint density at radius 2 is 1.10 bits per heavy atom. The summed E-state index contributed by atoms with van der Waals surface area (Å²) in [4.78, 5) is 0.280. The summed E-state index contributed by atoms with van der Waals surface area (Å²) in [5.74, 6) is 0. The van der Waals surface area contributed by atoms with Crippen LogP contribution in [0.25, 0.3) is 0 Å². The first-order chi connectivity index (χ1) is 10.00. The molecule has 2 aliphatic rings. The Morgan fingerprint density at radius 1 is 0.714 bits per heavy atom. The Balaban J connectivity index is 2.34. The standard InChI is InChI=1S/C17H24O3S/c1-12-13-8-4-2-6-10-15(13)17(21(18,19)20)16-11-7-3-5-9-14(12)16/h2-11H2,1H3,(H,18,19,20). The minimum absolute atomic E-state index is 0.280. The quantitative estimate of drug-likeness (QED) is 0.634. The van der Waals surface area contributed by atoms with E-state index in [0.29, 0.717) is 0 Å². The number of benzene rings is 1. The van der Waals surface area contributed by atoms with Gasteiger partial charge in [0.05, 0.1) is 0 Å². The number of fused-ring (bicyclic) bond motifs is 2. The van der Waals surface area contributed by atoms with E-state index < -0.39 is 10.1 Å². The normalized spacial score (nSPS) is 19.3. The first-order valence-corrected chi connectivity index (χ1v) is 9.57. The average molecular weight is 308 g/mol. The predicted molar refractivity (Wildman–Crippen MR) is 83.5 cm³/mol. The van der Waals surface area contributed by atoms with E-state index in [4.69, 9.17) is 0 Å². The van der Waals surface area contributed by atoms with Gasteiger partial charge in [-0.1, -0.05) is 12.8 Å². The Hall–Kier alpha value is -0.870. The lowest BCUT2D eigenvalue weighted by molar-refractivity contribution is 0.480. The monoisotopic (exact) mass is 308 g/mol. The Kier molecular flexibility index (Phi) is 4.10. The fraction of sp³-hybridized carbons (Fsp3) is 0.647. The van der Waals surface area contributed by atoms with Gasteiger partial charge in [-0.05, 0) is 86.1 Å².